The summed E-state index contributed by atoms with van der Waals surface area (Å²) in [5.74, 6) is 0.908. The van der Waals surface area contributed by atoms with E-state index in [2.05, 4.69) is 61.1 Å². The summed E-state index contributed by atoms with van der Waals surface area (Å²) in [4.78, 5) is 2.38. The van der Waals surface area contributed by atoms with Crippen molar-refractivity contribution in [1.82, 2.24) is 5.32 Å². The first kappa shape index (κ1) is 16.6. The maximum Gasteiger partial charge on any atom is 0.0487 e. The van der Waals surface area contributed by atoms with Gasteiger partial charge in [-0.3, -0.25) is 0 Å². The van der Waals surface area contributed by atoms with E-state index in [-0.39, 0.29) is 0 Å². The Morgan fingerprint density at radius 3 is 2.62 bits per heavy atom. The van der Waals surface area contributed by atoms with Crippen LogP contribution in [-0.2, 0) is 0 Å². The molecule has 0 saturated heterocycles. The van der Waals surface area contributed by atoms with Crippen LogP contribution in [0, 0.1) is 5.92 Å². The van der Waals surface area contributed by atoms with Gasteiger partial charge in [-0.25, -0.2) is 0 Å². The van der Waals surface area contributed by atoms with E-state index in [0.717, 1.165) is 41.5 Å². The Kier molecular flexibility index (Phi) is 4.66. The quantitative estimate of drug-likeness (QED) is 0.688. The Labute approximate surface area is 146 Å². The molecule has 0 bridgehead atoms. The maximum atomic E-state index is 4.42. The van der Waals surface area contributed by atoms with Crippen molar-refractivity contribution < 1.29 is 0 Å². The summed E-state index contributed by atoms with van der Waals surface area (Å²) < 4.78 is 0. The molecular weight excluding hydrogens is 292 g/mol. The molecular formula is C22H28N2. The molecule has 1 aromatic rings. The monoisotopic (exact) mass is 320 g/mol. The second kappa shape index (κ2) is 6.72. The highest BCUT2D eigenvalue weighted by molar-refractivity contribution is 5.88. The molecule has 0 radical (unpaired) electrons. The van der Waals surface area contributed by atoms with Crippen molar-refractivity contribution in [2.24, 2.45) is 5.92 Å². The number of anilines is 1. The summed E-state index contributed by atoms with van der Waals surface area (Å²) in [6.07, 6.45) is 4.01. The van der Waals surface area contributed by atoms with Crippen LogP contribution < -0.4 is 10.2 Å². The van der Waals surface area contributed by atoms with Gasteiger partial charge in [-0.2, -0.15) is 0 Å². The molecule has 2 heteroatoms. The summed E-state index contributed by atoms with van der Waals surface area (Å²) in [7, 11) is 0. The molecule has 1 fully saturated rings. The molecule has 0 amide bonds. The van der Waals surface area contributed by atoms with Gasteiger partial charge in [-0.1, -0.05) is 56.4 Å². The van der Waals surface area contributed by atoms with Crippen LogP contribution in [0.15, 0.2) is 66.5 Å². The fraction of sp³-hybridized carbons (Fsp3) is 0.364. The van der Waals surface area contributed by atoms with Gasteiger partial charge in [0.15, 0.2) is 0 Å². The van der Waals surface area contributed by atoms with Gasteiger partial charge in [0.25, 0.3) is 0 Å². The standard InChI is InChI=1S/C22H28N2/c1-15(2)14-23-17(4)22-16(3)20-8-6-7-9-21(20)24(18(22)5)13-12-19-10-11-19/h6-9,19,23H,1,4-5,10-14H2,2-3H3. The minimum Gasteiger partial charge on any atom is -0.381 e. The average Bonchev–Trinajstić information content (AvgIpc) is 3.37. The number of hydrogen-bond acceptors (Lipinski definition) is 2. The van der Waals surface area contributed by atoms with Gasteiger partial charge in [0.05, 0.1) is 0 Å². The third kappa shape index (κ3) is 3.33. The van der Waals surface area contributed by atoms with Crippen molar-refractivity contribution in [2.45, 2.75) is 33.1 Å². The highest BCUT2D eigenvalue weighted by Gasteiger charge is 2.29. The van der Waals surface area contributed by atoms with E-state index < -0.39 is 0 Å². The minimum atomic E-state index is 0.743. The van der Waals surface area contributed by atoms with E-state index in [1.165, 1.54) is 36.1 Å². The first-order valence-corrected chi connectivity index (χ1v) is 8.83. The van der Waals surface area contributed by atoms with Gasteiger partial charge >= 0.3 is 0 Å². The third-order valence-electron chi connectivity index (χ3n) is 4.95. The van der Waals surface area contributed by atoms with Crippen LogP contribution in [0.1, 0.15) is 38.7 Å². The molecule has 24 heavy (non-hydrogen) atoms. The van der Waals surface area contributed by atoms with Crippen molar-refractivity contribution >= 4 is 11.3 Å². The molecule has 2 aliphatic rings. The van der Waals surface area contributed by atoms with Crippen LogP contribution in [0.25, 0.3) is 5.57 Å². The van der Waals surface area contributed by atoms with Gasteiger partial charge in [0.2, 0.25) is 0 Å². The second-order valence-electron chi connectivity index (χ2n) is 7.14. The van der Waals surface area contributed by atoms with E-state index in [1.54, 1.807) is 0 Å². The molecule has 1 aliphatic heterocycles. The molecule has 126 valence electrons. The largest absolute Gasteiger partial charge is 0.381 e. The zero-order chi connectivity index (χ0) is 17.3. The van der Waals surface area contributed by atoms with Crippen molar-refractivity contribution in [3.8, 4) is 0 Å². The molecule has 1 saturated carbocycles. The fourth-order valence-electron chi connectivity index (χ4n) is 3.38. The Balaban J connectivity index is 1.92. The zero-order valence-electron chi connectivity index (χ0n) is 15.0. The summed E-state index contributed by atoms with van der Waals surface area (Å²) in [6, 6.07) is 8.63. The van der Waals surface area contributed by atoms with Crippen LogP contribution in [0.5, 0.6) is 0 Å². The van der Waals surface area contributed by atoms with Crippen molar-refractivity contribution in [1.29, 1.82) is 0 Å². The van der Waals surface area contributed by atoms with Gasteiger partial charge < -0.3 is 10.2 Å². The summed E-state index contributed by atoms with van der Waals surface area (Å²) in [5, 5.41) is 3.40. The Morgan fingerprint density at radius 1 is 1.25 bits per heavy atom. The summed E-state index contributed by atoms with van der Waals surface area (Å²) >= 11 is 0. The Bertz CT molecular complexity index is 719. The number of hydrogen-bond donors (Lipinski definition) is 1. The van der Waals surface area contributed by atoms with Crippen molar-refractivity contribution in [3.05, 3.63) is 72.1 Å². The van der Waals surface area contributed by atoms with Gasteiger partial charge in [0.1, 0.15) is 0 Å². The number of fused-ring (bicyclic) bond motifs is 1. The van der Waals surface area contributed by atoms with E-state index in [0.29, 0.717) is 0 Å². The number of para-hydroxylation sites is 1. The highest BCUT2D eigenvalue weighted by Crippen LogP contribution is 2.42. The molecule has 3 rings (SSSR count). The predicted octanol–water partition coefficient (Wildman–Crippen LogP) is 5.27. The first-order chi connectivity index (χ1) is 11.5. The van der Waals surface area contributed by atoms with E-state index >= 15 is 0 Å². The van der Waals surface area contributed by atoms with Crippen LogP contribution >= 0.6 is 0 Å². The van der Waals surface area contributed by atoms with Crippen LogP contribution in [0.3, 0.4) is 0 Å². The topological polar surface area (TPSA) is 15.3 Å². The summed E-state index contributed by atoms with van der Waals surface area (Å²) in [6.45, 7) is 18.6. The minimum absolute atomic E-state index is 0.743. The van der Waals surface area contributed by atoms with Crippen molar-refractivity contribution in [2.75, 3.05) is 18.0 Å². The number of rotatable bonds is 7. The number of allylic oxidation sites excluding steroid dienone is 1. The molecule has 0 unspecified atom stereocenters. The number of benzene rings is 1. The molecule has 1 aliphatic carbocycles. The Morgan fingerprint density at radius 2 is 1.96 bits per heavy atom. The van der Waals surface area contributed by atoms with Crippen LogP contribution in [-0.4, -0.2) is 13.1 Å². The lowest BCUT2D eigenvalue weighted by Gasteiger charge is -2.36. The molecule has 0 atom stereocenters. The Hall–Kier alpha value is -2.22. The third-order valence-corrected chi connectivity index (χ3v) is 4.95. The summed E-state index contributed by atoms with van der Waals surface area (Å²) in [5.41, 5.74) is 8.05. The maximum absolute atomic E-state index is 4.42. The molecule has 1 aromatic carbocycles. The smallest absolute Gasteiger partial charge is 0.0487 e. The molecule has 0 spiro atoms. The van der Waals surface area contributed by atoms with E-state index in [4.69, 9.17) is 0 Å². The average molecular weight is 320 g/mol. The molecule has 1 N–H and O–H groups in total. The van der Waals surface area contributed by atoms with Gasteiger partial charge in [0, 0.05) is 41.3 Å². The second-order valence-corrected chi connectivity index (χ2v) is 7.14. The zero-order valence-corrected chi connectivity index (χ0v) is 15.0. The molecule has 2 nitrogen and oxygen atoms in total. The normalized spacial score (nSPS) is 16.9. The first-order valence-electron chi connectivity index (χ1n) is 8.83. The SMILES string of the molecule is C=C(C)CNC(=C)C1=C(C)c2ccccc2N(CCC2CC2)C1=C. The van der Waals surface area contributed by atoms with E-state index in [9.17, 15) is 0 Å². The van der Waals surface area contributed by atoms with Gasteiger partial charge in [-0.05, 0) is 37.8 Å². The van der Waals surface area contributed by atoms with Gasteiger partial charge in [-0.15, -0.1) is 0 Å². The van der Waals surface area contributed by atoms with Crippen molar-refractivity contribution in [3.63, 3.8) is 0 Å². The lowest BCUT2D eigenvalue weighted by Crippen LogP contribution is -2.31. The number of nitrogens with zero attached hydrogens (tertiary/aromatic N) is 1. The van der Waals surface area contributed by atoms with Crippen LogP contribution in [0.2, 0.25) is 0 Å². The predicted molar refractivity (Wildman–Crippen MR) is 105 cm³/mol. The highest BCUT2D eigenvalue weighted by atomic mass is 15.2. The molecule has 1 heterocycles. The number of nitrogens with one attached hydrogen (secondary N) is 1. The van der Waals surface area contributed by atoms with E-state index in [1.807, 2.05) is 6.92 Å². The van der Waals surface area contributed by atoms with Crippen LogP contribution in [0.4, 0.5) is 5.69 Å². The molecule has 0 aromatic heterocycles. The lowest BCUT2D eigenvalue weighted by atomic mass is 9.90. The lowest BCUT2D eigenvalue weighted by molar-refractivity contribution is 0.710. The fourth-order valence-corrected chi connectivity index (χ4v) is 3.38.